The van der Waals surface area contributed by atoms with Crippen LogP contribution >= 0.6 is 15.9 Å². The molecule has 1 aliphatic rings. The van der Waals surface area contributed by atoms with Gasteiger partial charge in [0.1, 0.15) is 0 Å². The van der Waals surface area contributed by atoms with E-state index >= 15 is 0 Å². The van der Waals surface area contributed by atoms with Gasteiger partial charge in [0.2, 0.25) is 0 Å². The lowest BCUT2D eigenvalue weighted by Gasteiger charge is -2.16. The first kappa shape index (κ1) is 12.7. The molecule has 0 saturated carbocycles. The number of halogens is 1. The first-order valence-corrected chi connectivity index (χ1v) is 7.88. The van der Waals surface area contributed by atoms with E-state index in [9.17, 15) is 8.42 Å². The second kappa shape index (κ2) is 4.86. The van der Waals surface area contributed by atoms with Gasteiger partial charge in [-0.15, -0.1) is 0 Å². The molecule has 0 bridgehead atoms. The van der Waals surface area contributed by atoms with E-state index in [1.54, 1.807) is 0 Å². The molecule has 17 heavy (non-hydrogen) atoms. The molecule has 0 spiro atoms. The van der Waals surface area contributed by atoms with E-state index in [1.165, 1.54) is 4.31 Å². The molecule has 0 aliphatic carbocycles. The van der Waals surface area contributed by atoms with Crippen LogP contribution in [0.1, 0.15) is 26.2 Å². The highest BCUT2D eigenvalue weighted by atomic mass is 79.9. The number of hydrogen-bond donors (Lipinski definition) is 1. The Morgan fingerprint density at radius 1 is 1.35 bits per heavy atom. The van der Waals surface area contributed by atoms with Gasteiger partial charge in [-0.1, -0.05) is 25.8 Å². The number of fused-ring (bicyclic) bond motifs is 1. The van der Waals surface area contributed by atoms with Crippen LogP contribution in [-0.2, 0) is 10.2 Å². The molecule has 0 aromatic heterocycles. The van der Waals surface area contributed by atoms with Gasteiger partial charge in [0, 0.05) is 11.0 Å². The molecular weight excluding hydrogens is 304 g/mol. The van der Waals surface area contributed by atoms with Gasteiger partial charge in [0.15, 0.2) is 0 Å². The molecule has 1 aliphatic heterocycles. The van der Waals surface area contributed by atoms with E-state index in [2.05, 4.69) is 27.6 Å². The van der Waals surface area contributed by atoms with Crippen molar-refractivity contribution in [3.8, 4) is 0 Å². The van der Waals surface area contributed by atoms with Crippen molar-refractivity contribution in [3.05, 3.63) is 22.7 Å². The quantitative estimate of drug-likeness (QED) is 0.867. The van der Waals surface area contributed by atoms with E-state index in [0.29, 0.717) is 12.2 Å². The summed E-state index contributed by atoms with van der Waals surface area (Å²) < 4.78 is 28.7. The third kappa shape index (κ3) is 2.42. The minimum atomic E-state index is -3.40. The van der Waals surface area contributed by atoms with Crippen LogP contribution in [0.3, 0.4) is 0 Å². The second-order valence-electron chi connectivity index (χ2n) is 4.02. The molecule has 2 rings (SSSR count). The zero-order valence-corrected chi connectivity index (χ0v) is 12.0. The lowest BCUT2D eigenvalue weighted by atomic mass is 10.2. The fourth-order valence-corrected chi connectivity index (χ4v) is 3.83. The van der Waals surface area contributed by atoms with Crippen LogP contribution in [0, 0.1) is 0 Å². The maximum Gasteiger partial charge on any atom is 0.324 e. The van der Waals surface area contributed by atoms with Gasteiger partial charge in [-0.25, -0.2) is 0 Å². The molecule has 0 atom stereocenters. The fourth-order valence-electron chi connectivity index (χ4n) is 1.88. The minimum Gasteiger partial charge on any atom is -0.263 e. The smallest absolute Gasteiger partial charge is 0.263 e. The van der Waals surface area contributed by atoms with Crippen LogP contribution in [0.2, 0.25) is 0 Å². The Labute approximate surface area is 110 Å². The summed E-state index contributed by atoms with van der Waals surface area (Å²) in [4.78, 5) is 0. The molecule has 0 radical (unpaired) electrons. The molecule has 0 unspecified atom stereocenters. The summed E-state index contributed by atoms with van der Waals surface area (Å²) in [6.45, 7) is 2.63. The highest BCUT2D eigenvalue weighted by Gasteiger charge is 2.33. The highest BCUT2D eigenvalue weighted by molar-refractivity contribution is 9.10. The van der Waals surface area contributed by atoms with Gasteiger partial charge in [-0.3, -0.25) is 9.03 Å². The Balaban J connectivity index is 2.29. The Morgan fingerprint density at radius 3 is 2.82 bits per heavy atom. The van der Waals surface area contributed by atoms with E-state index in [4.69, 9.17) is 0 Å². The molecule has 4 nitrogen and oxygen atoms in total. The molecule has 6 heteroatoms. The van der Waals surface area contributed by atoms with Crippen LogP contribution in [0.15, 0.2) is 22.7 Å². The summed E-state index contributed by atoms with van der Waals surface area (Å²) in [7, 11) is -3.40. The largest absolute Gasteiger partial charge is 0.324 e. The topological polar surface area (TPSA) is 49.4 Å². The number of hydrogen-bond acceptors (Lipinski definition) is 2. The van der Waals surface area contributed by atoms with Crippen molar-refractivity contribution in [2.75, 3.05) is 15.6 Å². The molecule has 1 aromatic rings. The first-order valence-electron chi connectivity index (χ1n) is 5.65. The van der Waals surface area contributed by atoms with Gasteiger partial charge < -0.3 is 0 Å². The Hall–Kier alpha value is -0.750. The SMILES string of the molecule is CCCCCN1c2cccc(Br)c2NS1(=O)=O. The zero-order chi connectivity index (χ0) is 12.5. The molecule has 0 amide bonds. The highest BCUT2D eigenvalue weighted by Crippen LogP contribution is 2.40. The van der Waals surface area contributed by atoms with Crippen LogP contribution < -0.4 is 9.03 Å². The first-order chi connectivity index (χ1) is 8.06. The van der Waals surface area contributed by atoms with E-state index in [1.807, 2.05) is 18.2 Å². The second-order valence-corrected chi connectivity index (χ2v) is 6.47. The van der Waals surface area contributed by atoms with Gasteiger partial charge in [-0.2, -0.15) is 8.42 Å². The molecule has 0 fully saturated rings. The van der Waals surface area contributed by atoms with Crippen LogP contribution in [-0.4, -0.2) is 15.0 Å². The average molecular weight is 319 g/mol. The maximum absolute atomic E-state index is 12.0. The lowest BCUT2D eigenvalue weighted by Crippen LogP contribution is -2.30. The standard InChI is InChI=1S/C11H15BrN2O2S/c1-2-3-4-8-14-10-7-5-6-9(12)11(10)13-17(14,15)16/h5-7,13H,2-4,8H2,1H3. The molecular formula is C11H15BrN2O2S. The number of benzene rings is 1. The molecule has 1 heterocycles. The molecule has 1 N–H and O–H groups in total. The minimum absolute atomic E-state index is 0.534. The Kier molecular flexibility index (Phi) is 3.63. The van der Waals surface area contributed by atoms with Crippen LogP contribution in [0.25, 0.3) is 0 Å². The number of anilines is 2. The number of nitrogens with zero attached hydrogens (tertiary/aromatic N) is 1. The van der Waals surface area contributed by atoms with Crippen molar-refractivity contribution in [3.63, 3.8) is 0 Å². The Morgan fingerprint density at radius 2 is 2.12 bits per heavy atom. The van der Waals surface area contributed by atoms with Crippen molar-refractivity contribution in [1.82, 2.24) is 0 Å². The predicted octanol–water partition coefficient (Wildman–Crippen LogP) is 3.12. The summed E-state index contributed by atoms with van der Waals surface area (Å²) >= 11 is 3.35. The number of nitrogens with one attached hydrogen (secondary N) is 1. The summed E-state index contributed by atoms with van der Waals surface area (Å²) in [6, 6.07) is 5.50. The van der Waals surface area contributed by atoms with E-state index in [0.717, 1.165) is 29.4 Å². The predicted molar refractivity (Wildman–Crippen MR) is 73.6 cm³/mol. The molecule has 1 aromatic carbocycles. The van der Waals surface area contributed by atoms with Crippen LogP contribution in [0.5, 0.6) is 0 Å². The third-order valence-corrected chi connectivity index (χ3v) is 4.83. The summed E-state index contributed by atoms with van der Waals surface area (Å²) in [5.74, 6) is 0. The zero-order valence-electron chi connectivity index (χ0n) is 9.61. The van der Waals surface area contributed by atoms with Gasteiger partial charge >= 0.3 is 10.2 Å². The summed E-state index contributed by atoms with van der Waals surface area (Å²) in [5, 5.41) is 0. The van der Waals surface area contributed by atoms with Gasteiger partial charge in [0.05, 0.1) is 11.4 Å². The van der Waals surface area contributed by atoms with Crippen LogP contribution in [0.4, 0.5) is 11.4 Å². The molecule has 0 saturated heterocycles. The number of unbranched alkanes of at least 4 members (excludes halogenated alkanes) is 2. The van der Waals surface area contributed by atoms with Crippen molar-refractivity contribution >= 4 is 37.5 Å². The average Bonchev–Trinajstić information content (AvgIpc) is 2.53. The number of rotatable bonds is 4. The monoisotopic (exact) mass is 318 g/mol. The maximum atomic E-state index is 12.0. The van der Waals surface area contributed by atoms with Crippen molar-refractivity contribution in [1.29, 1.82) is 0 Å². The third-order valence-electron chi connectivity index (χ3n) is 2.75. The summed E-state index contributed by atoms with van der Waals surface area (Å²) in [6.07, 6.45) is 2.99. The van der Waals surface area contributed by atoms with E-state index < -0.39 is 10.2 Å². The number of para-hydroxylation sites is 1. The van der Waals surface area contributed by atoms with Gasteiger partial charge in [0.25, 0.3) is 0 Å². The lowest BCUT2D eigenvalue weighted by molar-refractivity contribution is 0.595. The van der Waals surface area contributed by atoms with Crippen molar-refractivity contribution in [2.24, 2.45) is 0 Å². The van der Waals surface area contributed by atoms with E-state index in [-0.39, 0.29) is 0 Å². The van der Waals surface area contributed by atoms with Crippen molar-refractivity contribution < 1.29 is 8.42 Å². The van der Waals surface area contributed by atoms with Gasteiger partial charge in [-0.05, 0) is 34.5 Å². The normalized spacial score (nSPS) is 16.7. The van der Waals surface area contributed by atoms with Crippen molar-refractivity contribution in [2.45, 2.75) is 26.2 Å². The summed E-state index contributed by atoms with van der Waals surface area (Å²) in [5.41, 5.74) is 1.37. The fraction of sp³-hybridized carbons (Fsp3) is 0.455. The molecule has 94 valence electrons. The Bertz CT molecular complexity index is 516.